The highest BCUT2D eigenvalue weighted by Gasteiger charge is 2.20. The van der Waals surface area contributed by atoms with Gasteiger partial charge < -0.3 is 10.1 Å². The Labute approximate surface area is 152 Å². The average Bonchev–Trinajstić information content (AvgIpc) is 2.51. The lowest BCUT2D eigenvalue weighted by Gasteiger charge is -2.14. The summed E-state index contributed by atoms with van der Waals surface area (Å²) in [5.74, 6) is -1.35. The zero-order chi connectivity index (χ0) is 19.9. The van der Waals surface area contributed by atoms with E-state index in [0.29, 0.717) is 12.0 Å². The van der Waals surface area contributed by atoms with Crippen molar-refractivity contribution in [1.82, 2.24) is 10.6 Å². The Morgan fingerprint density at radius 2 is 1.69 bits per heavy atom. The topological polar surface area (TPSA) is 145 Å². The van der Waals surface area contributed by atoms with Crippen LogP contribution in [-0.4, -0.2) is 38.5 Å². The van der Waals surface area contributed by atoms with Gasteiger partial charge in [-0.25, -0.2) is 18.4 Å². The number of primary sulfonamides is 1. The van der Waals surface area contributed by atoms with Gasteiger partial charge in [0.2, 0.25) is 10.0 Å². The van der Waals surface area contributed by atoms with E-state index in [1.807, 2.05) is 0 Å². The van der Waals surface area contributed by atoms with Gasteiger partial charge in [-0.2, -0.15) is 0 Å². The molecule has 0 saturated heterocycles. The number of esters is 1. The molecule has 0 spiro atoms. The highest BCUT2D eigenvalue weighted by Crippen LogP contribution is 2.11. The van der Waals surface area contributed by atoms with E-state index < -0.39 is 34.0 Å². The minimum Gasteiger partial charge on any atom is -0.453 e. The molecule has 0 bridgehead atoms. The molecule has 1 rings (SSSR count). The quantitative estimate of drug-likeness (QED) is 0.581. The number of benzene rings is 1. The maximum atomic E-state index is 11.8. The predicted octanol–water partition coefficient (Wildman–Crippen LogP) is 0.433. The lowest BCUT2D eigenvalue weighted by atomic mass is 10.1. The lowest BCUT2D eigenvalue weighted by Crippen LogP contribution is -2.46. The summed E-state index contributed by atoms with van der Waals surface area (Å²) >= 11 is 0. The van der Waals surface area contributed by atoms with Gasteiger partial charge in [-0.1, -0.05) is 12.1 Å². The number of nitrogens with two attached hydrogens (primary N) is 1. The van der Waals surface area contributed by atoms with Crippen LogP contribution in [0.4, 0.5) is 4.79 Å². The summed E-state index contributed by atoms with van der Waals surface area (Å²) < 4.78 is 27.3. The Balaban J connectivity index is 2.46. The highest BCUT2D eigenvalue weighted by atomic mass is 32.2. The maximum absolute atomic E-state index is 11.8. The third-order valence-electron chi connectivity index (χ3n) is 3.20. The summed E-state index contributed by atoms with van der Waals surface area (Å²) in [6.07, 6.45) is -0.832. The van der Waals surface area contributed by atoms with E-state index in [0.717, 1.165) is 0 Å². The Kier molecular flexibility index (Phi) is 7.72. The van der Waals surface area contributed by atoms with Crippen LogP contribution in [0.1, 0.15) is 32.8 Å². The molecule has 0 aliphatic heterocycles. The van der Waals surface area contributed by atoms with Crippen molar-refractivity contribution < 1.29 is 27.5 Å². The number of nitrogens with one attached hydrogen (secondary N) is 2. The summed E-state index contributed by atoms with van der Waals surface area (Å²) in [7, 11) is -3.76. The molecular weight excluding hydrogens is 362 g/mol. The number of urea groups is 1. The predicted molar refractivity (Wildman–Crippen MR) is 93.5 cm³/mol. The zero-order valence-electron chi connectivity index (χ0n) is 14.8. The molecule has 9 nitrogen and oxygen atoms in total. The van der Waals surface area contributed by atoms with Crippen LogP contribution >= 0.6 is 0 Å². The largest absolute Gasteiger partial charge is 0.453 e. The van der Waals surface area contributed by atoms with Crippen LogP contribution in [0.3, 0.4) is 0 Å². The van der Waals surface area contributed by atoms with Gasteiger partial charge in [0.1, 0.15) is 0 Å². The minimum atomic E-state index is -3.76. The third kappa shape index (κ3) is 7.62. The fourth-order valence-corrected chi connectivity index (χ4v) is 2.43. The molecule has 1 aromatic carbocycles. The van der Waals surface area contributed by atoms with Crippen LogP contribution in [-0.2, 0) is 30.8 Å². The molecular formula is C16H23N3O6S. The van der Waals surface area contributed by atoms with Crippen LogP contribution in [0, 0.1) is 0 Å². The molecule has 10 heteroatoms. The van der Waals surface area contributed by atoms with Crippen molar-refractivity contribution in [3.8, 4) is 0 Å². The van der Waals surface area contributed by atoms with Gasteiger partial charge in [0.25, 0.3) is 5.91 Å². The maximum Gasteiger partial charge on any atom is 0.321 e. The normalized spacial score (nSPS) is 12.3. The first-order valence-corrected chi connectivity index (χ1v) is 9.46. The standard InChI is InChI=1S/C16H23N3O6S/c1-10(2)18-16(22)19-15(21)11(3)25-14(20)9-6-12-4-7-13(8-5-12)26(17,23)24/h4-5,7-8,10-11H,6,9H2,1-3H3,(H2,17,23,24)(H2,18,19,21,22). The number of amides is 3. The molecule has 144 valence electrons. The number of carbonyl (C=O) groups excluding carboxylic acids is 3. The summed E-state index contributed by atoms with van der Waals surface area (Å²) in [5, 5.41) is 9.56. The van der Waals surface area contributed by atoms with Gasteiger partial charge in [-0.15, -0.1) is 0 Å². The van der Waals surface area contributed by atoms with Crippen molar-refractivity contribution in [2.45, 2.75) is 50.7 Å². The Bertz CT molecular complexity index is 759. The Morgan fingerprint density at radius 1 is 1.12 bits per heavy atom. The molecule has 0 aliphatic rings. The Hall–Kier alpha value is -2.46. The second-order valence-corrected chi connectivity index (χ2v) is 7.50. The average molecular weight is 385 g/mol. The fraction of sp³-hybridized carbons (Fsp3) is 0.438. The first-order chi connectivity index (χ1) is 12.0. The molecule has 26 heavy (non-hydrogen) atoms. The first kappa shape index (κ1) is 21.6. The number of ether oxygens (including phenoxy) is 1. The second-order valence-electron chi connectivity index (χ2n) is 5.94. The van der Waals surface area contributed by atoms with Gasteiger partial charge in [-0.05, 0) is 44.9 Å². The molecule has 0 aromatic heterocycles. The SMILES string of the molecule is CC(C)NC(=O)NC(=O)C(C)OC(=O)CCc1ccc(S(N)(=O)=O)cc1. The zero-order valence-corrected chi connectivity index (χ0v) is 15.6. The monoisotopic (exact) mass is 385 g/mol. The number of imide groups is 1. The molecule has 0 saturated carbocycles. The Morgan fingerprint density at radius 3 is 2.19 bits per heavy atom. The highest BCUT2D eigenvalue weighted by molar-refractivity contribution is 7.89. The van der Waals surface area contributed by atoms with Crippen LogP contribution < -0.4 is 15.8 Å². The molecule has 1 atom stereocenters. The van der Waals surface area contributed by atoms with E-state index in [1.165, 1.54) is 19.1 Å². The van der Waals surface area contributed by atoms with Crippen LogP contribution in [0.15, 0.2) is 29.2 Å². The van der Waals surface area contributed by atoms with Crippen molar-refractivity contribution in [1.29, 1.82) is 0 Å². The van der Waals surface area contributed by atoms with E-state index >= 15 is 0 Å². The van der Waals surface area contributed by atoms with E-state index in [1.54, 1.807) is 26.0 Å². The van der Waals surface area contributed by atoms with Crippen LogP contribution in [0.2, 0.25) is 0 Å². The van der Waals surface area contributed by atoms with Crippen molar-refractivity contribution in [3.63, 3.8) is 0 Å². The molecule has 0 fully saturated rings. The summed E-state index contributed by atoms with van der Waals surface area (Å²) in [6, 6.07) is 4.97. The molecule has 4 N–H and O–H groups in total. The van der Waals surface area contributed by atoms with Gasteiger partial charge in [0, 0.05) is 12.5 Å². The fourth-order valence-electron chi connectivity index (χ4n) is 1.91. The van der Waals surface area contributed by atoms with Crippen LogP contribution in [0.5, 0.6) is 0 Å². The van der Waals surface area contributed by atoms with Gasteiger partial charge >= 0.3 is 12.0 Å². The number of rotatable bonds is 7. The van der Waals surface area contributed by atoms with E-state index in [-0.39, 0.29) is 17.4 Å². The number of sulfonamides is 1. The van der Waals surface area contributed by atoms with Crippen molar-refractivity contribution in [3.05, 3.63) is 29.8 Å². The summed E-state index contributed by atoms with van der Waals surface area (Å²) in [6.45, 7) is 4.84. The smallest absolute Gasteiger partial charge is 0.321 e. The number of hydrogen-bond acceptors (Lipinski definition) is 6. The number of carbonyl (C=O) groups is 3. The number of aryl methyl sites for hydroxylation is 1. The lowest BCUT2D eigenvalue weighted by molar-refractivity contribution is -0.154. The van der Waals surface area contributed by atoms with Gasteiger partial charge in [0.15, 0.2) is 6.10 Å². The second kappa shape index (κ2) is 9.30. The van der Waals surface area contributed by atoms with Gasteiger partial charge in [-0.3, -0.25) is 14.9 Å². The molecule has 1 unspecified atom stereocenters. The molecule has 0 radical (unpaired) electrons. The minimum absolute atomic E-state index is 0.00939. The molecule has 1 aromatic rings. The van der Waals surface area contributed by atoms with E-state index in [2.05, 4.69) is 10.6 Å². The van der Waals surface area contributed by atoms with Gasteiger partial charge in [0.05, 0.1) is 4.90 Å². The molecule has 3 amide bonds. The van der Waals surface area contributed by atoms with E-state index in [9.17, 15) is 22.8 Å². The molecule has 0 aliphatic carbocycles. The van der Waals surface area contributed by atoms with Crippen molar-refractivity contribution in [2.75, 3.05) is 0 Å². The number of hydrogen-bond donors (Lipinski definition) is 3. The third-order valence-corrected chi connectivity index (χ3v) is 4.13. The van der Waals surface area contributed by atoms with Crippen molar-refractivity contribution >= 4 is 27.9 Å². The first-order valence-electron chi connectivity index (χ1n) is 7.91. The summed E-state index contributed by atoms with van der Waals surface area (Å²) in [4.78, 5) is 35.0. The van der Waals surface area contributed by atoms with Crippen molar-refractivity contribution in [2.24, 2.45) is 5.14 Å². The van der Waals surface area contributed by atoms with Crippen LogP contribution in [0.25, 0.3) is 0 Å². The van der Waals surface area contributed by atoms with E-state index in [4.69, 9.17) is 9.88 Å². The summed E-state index contributed by atoms with van der Waals surface area (Å²) in [5.41, 5.74) is 0.711. The molecule has 0 heterocycles.